The molecule has 0 saturated carbocycles. The van der Waals surface area contributed by atoms with Gasteiger partial charge in [0.1, 0.15) is 17.8 Å². The van der Waals surface area contributed by atoms with Crippen LogP contribution in [-0.4, -0.2) is 27.7 Å². The Morgan fingerprint density at radius 3 is 2.64 bits per heavy atom. The van der Waals surface area contributed by atoms with Crippen molar-refractivity contribution >= 4 is 23.2 Å². The van der Waals surface area contributed by atoms with Crippen molar-refractivity contribution in [3.63, 3.8) is 0 Å². The van der Waals surface area contributed by atoms with Crippen molar-refractivity contribution in [1.29, 1.82) is 5.26 Å². The highest BCUT2D eigenvalue weighted by molar-refractivity contribution is 6.30. The molecule has 0 bridgehead atoms. The van der Waals surface area contributed by atoms with E-state index in [1.54, 1.807) is 25.2 Å². The predicted octanol–water partition coefficient (Wildman–Crippen LogP) is 4.49. The number of nitriles is 1. The summed E-state index contributed by atoms with van der Waals surface area (Å²) in [5, 5.41) is 16.4. The molecule has 2 aromatic carbocycles. The summed E-state index contributed by atoms with van der Waals surface area (Å²) in [4.78, 5) is 30.9. The monoisotopic (exact) mass is 503 g/mol. The fraction of sp³-hybridized carbons (Fsp3) is 0.192. The Kier molecular flexibility index (Phi) is 7.17. The van der Waals surface area contributed by atoms with Crippen molar-refractivity contribution in [3.8, 4) is 11.8 Å². The van der Waals surface area contributed by atoms with Crippen LogP contribution in [0.25, 0.3) is 0 Å². The van der Waals surface area contributed by atoms with Crippen LogP contribution in [0.3, 0.4) is 0 Å². The fourth-order valence-corrected chi connectivity index (χ4v) is 4.42. The molecule has 0 fully saturated rings. The van der Waals surface area contributed by atoms with Gasteiger partial charge in [-0.1, -0.05) is 60.1 Å². The minimum atomic E-state index is -0.651. The first-order valence-electron chi connectivity index (χ1n) is 11.0. The molecule has 1 N–H and O–H groups in total. The molecule has 0 radical (unpaired) electrons. The third kappa shape index (κ3) is 4.72. The Balaban J connectivity index is 1.89. The van der Waals surface area contributed by atoms with Crippen LogP contribution >= 0.6 is 11.6 Å². The van der Waals surface area contributed by atoms with Gasteiger partial charge in [0.15, 0.2) is 5.69 Å². The summed E-state index contributed by atoms with van der Waals surface area (Å²) in [7, 11) is 2.87. The van der Waals surface area contributed by atoms with Gasteiger partial charge in [-0.25, -0.2) is 4.98 Å². The average Bonchev–Trinajstić information content (AvgIpc) is 3.40. The molecule has 0 spiro atoms. The maximum absolute atomic E-state index is 13.2. The molecule has 0 aliphatic carbocycles. The summed E-state index contributed by atoms with van der Waals surface area (Å²) in [5.74, 6) is -1.32. The SMILES string of the molecule is COc1c(C(=O)Nc2cnoc2)nc(C(C)C(c2ccccc2)c2ccc(Cl)cc2C#N)n(C)c1=O. The first-order valence-corrected chi connectivity index (χ1v) is 11.3. The number of carbonyl (C=O) groups is 1. The van der Waals surface area contributed by atoms with E-state index in [0.29, 0.717) is 22.1 Å². The van der Waals surface area contributed by atoms with Crippen LogP contribution < -0.4 is 15.6 Å². The van der Waals surface area contributed by atoms with E-state index in [1.165, 1.54) is 24.1 Å². The van der Waals surface area contributed by atoms with Gasteiger partial charge in [0, 0.05) is 23.9 Å². The number of hydrogen-bond donors (Lipinski definition) is 1. The quantitative estimate of drug-likeness (QED) is 0.394. The zero-order valence-corrected chi connectivity index (χ0v) is 20.5. The van der Waals surface area contributed by atoms with Gasteiger partial charge < -0.3 is 14.6 Å². The van der Waals surface area contributed by atoms with E-state index in [-0.39, 0.29) is 17.4 Å². The zero-order chi connectivity index (χ0) is 25.8. The fourth-order valence-electron chi connectivity index (χ4n) is 4.24. The van der Waals surface area contributed by atoms with Gasteiger partial charge in [0.05, 0.1) is 24.9 Å². The summed E-state index contributed by atoms with van der Waals surface area (Å²) in [6.07, 6.45) is 2.58. The smallest absolute Gasteiger partial charge is 0.296 e. The maximum Gasteiger partial charge on any atom is 0.296 e. The molecule has 10 heteroatoms. The van der Waals surface area contributed by atoms with Gasteiger partial charge in [0.25, 0.3) is 11.5 Å². The highest BCUT2D eigenvalue weighted by Crippen LogP contribution is 2.39. The molecule has 4 aromatic rings. The lowest BCUT2D eigenvalue weighted by molar-refractivity contribution is 0.101. The van der Waals surface area contributed by atoms with Crippen LogP contribution in [-0.2, 0) is 7.05 Å². The lowest BCUT2D eigenvalue weighted by Gasteiger charge is -2.27. The number of carbonyl (C=O) groups excluding carboxylic acids is 1. The summed E-state index contributed by atoms with van der Waals surface area (Å²) < 4.78 is 11.4. The number of methoxy groups -OCH3 is 1. The van der Waals surface area contributed by atoms with Crippen LogP contribution in [0, 0.1) is 11.3 Å². The van der Waals surface area contributed by atoms with Crippen molar-refractivity contribution in [2.75, 3.05) is 12.4 Å². The Morgan fingerprint density at radius 1 is 1.25 bits per heavy atom. The van der Waals surface area contributed by atoms with Gasteiger partial charge in [-0.15, -0.1) is 0 Å². The van der Waals surface area contributed by atoms with Crippen LogP contribution in [0.2, 0.25) is 5.02 Å². The Labute approximate surface area is 211 Å². The summed E-state index contributed by atoms with van der Waals surface area (Å²) in [6.45, 7) is 1.89. The summed E-state index contributed by atoms with van der Waals surface area (Å²) in [6, 6.07) is 16.9. The number of nitrogens with zero attached hydrogens (tertiary/aromatic N) is 4. The van der Waals surface area contributed by atoms with Gasteiger partial charge in [-0.3, -0.25) is 14.2 Å². The standard InChI is InChI=1S/C26H22ClN5O4/c1-15(21(16-7-5-4-6-8-16)20-10-9-18(27)11-17(20)12-28)24-31-22(23(35-3)26(34)32(24)2)25(33)30-19-13-29-36-14-19/h4-11,13-15,21H,1-3H3,(H,30,33). The van der Waals surface area contributed by atoms with E-state index in [4.69, 9.17) is 20.9 Å². The first kappa shape index (κ1) is 24.7. The molecule has 4 rings (SSSR count). The Morgan fingerprint density at radius 2 is 2.00 bits per heavy atom. The molecule has 0 saturated heterocycles. The van der Waals surface area contributed by atoms with Crippen LogP contribution in [0.1, 0.15) is 51.8 Å². The lowest BCUT2D eigenvalue weighted by atomic mass is 9.79. The van der Waals surface area contributed by atoms with Gasteiger partial charge in [-0.2, -0.15) is 5.26 Å². The van der Waals surface area contributed by atoms with Gasteiger partial charge in [-0.05, 0) is 23.3 Å². The van der Waals surface area contributed by atoms with Crippen molar-refractivity contribution in [2.45, 2.75) is 18.8 Å². The molecule has 36 heavy (non-hydrogen) atoms. The van der Waals surface area contributed by atoms with Crippen molar-refractivity contribution in [1.82, 2.24) is 14.7 Å². The highest BCUT2D eigenvalue weighted by Gasteiger charge is 2.31. The third-order valence-electron chi connectivity index (χ3n) is 5.93. The Bertz CT molecular complexity index is 1490. The number of nitrogens with one attached hydrogen (secondary N) is 1. The minimum Gasteiger partial charge on any atom is -0.489 e. The van der Waals surface area contributed by atoms with Gasteiger partial charge in [0.2, 0.25) is 5.75 Å². The second-order valence-corrected chi connectivity index (χ2v) is 8.54. The molecule has 2 unspecified atom stereocenters. The second-order valence-electron chi connectivity index (χ2n) is 8.10. The van der Waals surface area contributed by atoms with E-state index < -0.39 is 17.4 Å². The number of ether oxygens (including phenoxy) is 1. The topological polar surface area (TPSA) is 123 Å². The molecule has 0 aliphatic rings. The molecule has 9 nitrogen and oxygen atoms in total. The van der Waals surface area contributed by atoms with E-state index in [1.807, 2.05) is 37.3 Å². The number of halogens is 1. The van der Waals surface area contributed by atoms with Crippen molar-refractivity contribution < 1.29 is 14.1 Å². The average molecular weight is 504 g/mol. The van der Waals surface area contributed by atoms with Crippen LogP contribution in [0.15, 0.2) is 70.3 Å². The summed E-state index contributed by atoms with van der Waals surface area (Å²) >= 11 is 6.16. The first-order chi connectivity index (χ1) is 17.3. The highest BCUT2D eigenvalue weighted by atomic mass is 35.5. The number of benzene rings is 2. The predicted molar refractivity (Wildman–Crippen MR) is 133 cm³/mol. The van der Waals surface area contributed by atoms with Crippen LogP contribution in [0.4, 0.5) is 5.69 Å². The zero-order valence-electron chi connectivity index (χ0n) is 19.7. The largest absolute Gasteiger partial charge is 0.489 e. The molecule has 2 aromatic heterocycles. The summed E-state index contributed by atoms with van der Waals surface area (Å²) in [5.41, 5.74) is 1.65. The Hall–Kier alpha value is -4.42. The lowest BCUT2D eigenvalue weighted by Crippen LogP contribution is -2.31. The van der Waals surface area contributed by atoms with Crippen molar-refractivity contribution in [3.05, 3.63) is 105 Å². The molecule has 0 aliphatic heterocycles. The second kappa shape index (κ2) is 10.5. The van der Waals surface area contributed by atoms with E-state index in [0.717, 1.165) is 11.1 Å². The molecular formula is C26H22ClN5O4. The molecular weight excluding hydrogens is 482 g/mol. The number of rotatable bonds is 7. The molecule has 2 heterocycles. The van der Waals surface area contributed by atoms with E-state index in [2.05, 4.69) is 21.5 Å². The normalized spacial score (nSPS) is 12.4. The minimum absolute atomic E-state index is 0.174. The van der Waals surface area contributed by atoms with E-state index in [9.17, 15) is 14.9 Å². The number of amides is 1. The third-order valence-corrected chi connectivity index (χ3v) is 6.17. The van der Waals surface area contributed by atoms with Crippen LogP contribution in [0.5, 0.6) is 5.75 Å². The molecule has 182 valence electrons. The number of aromatic nitrogens is 3. The van der Waals surface area contributed by atoms with Crippen molar-refractivity contribution in [2.24, 2.45) is 7.05 Å². The number of anilines is 1. The maximum atomic E-state index is 13.2. The van der Waals surface area contributed by atoms with Gasteiger partial charge >= 0.3 is 0 Å². The number of hydrogen-bond acceptors (Lipinski definition) is 7. The molecule has 1 amide bonds. The molecule has 2 atom stereocenters. The van der Waals surface area contributed by atoms with E-state index >= 15 is 0 Å².